The molecule has 1 amide bonds. The number of carbonyl (C=O) groups excluding carboxylic acids is 1. The largest absolute Gasteiger partial charge is 0.484 e. The van der Waals surface area contributed by atoms with E-state index in [-0.39, 0.29) is 6.61 Å². The van der Waals surface area contributed by atoms with Crippen molar-refractivity contribution in [2.24, 2.45) is 16.6 Å². The number of amides is 1. The SMILES string of the molecule is CCNC(=NCC(C)COCc1ccccc1)NCCc1ccc(OCC(N)=O)cc1. The fraction of sp³-hybridized carbons (Fsp3) is 0.417. The summed E-state index contributed by atoms with van der Waals surface area (Å²) in [5.74, 6) is 1.28. The number of nitrogens with zero attached hydrogens (tertiary/aromatic N) is 1. The third kappa shape index (κ3) is 10.5. The van der Waals surface area contributed by atoms with Crippen LogP contribution >= 0.6 is 0 Å². The van der Waals surface area contributed by atoms with Gasteiger partial charge in [-0.25, -0.2) is 0 Å². The van der Waals surface area contributed by atoms with E-state index in [1.165, 1.54) is 5.56 Å². The summed E-state index contributed by atoms with van der Waals surface area (Å²) in [6, 6.07) is 17.8. The molecule has 0 aliphatic carbocycles. The molecule has 0 fully saturated rings. The minimum atomic E-state index is -0.486. The zero-order valence-corrected chi connectivity index (χ0v) is 18.5. The molecule has 0 saturated heterocycles. The molecule has 0 bridgehead atoms. The topological polar surface area (TPSA) is 98.0 Å². The molecule has 7 nitrogen and oxygen atoms in total. The molecule has 0 aromatic heterocycles. The van der Waals surface area contributed by atoms with Crippen molar-refractivity contribution in [3.05, 3.63) is 65.7 Å². The molecule has 0 aliphatic heterocycles. The number of rotatable bonds is 13. The van der Waals surface area contributed by atoms with Crippen LogP contribution in [0.15, 0.2) is 59.6 Å². The Morgan fingerprint density at radius 3 is 2.48 bits per heavy atom. The summed E-state index contributed by atoms with van der Waals surface area (Å²) in [4.78, 5) is 15.4. The van der Waals surface area contributed by atoms with Crippen LogP contribution in [0.25, 0.3) is 0 Å². The van der Waals surface area contributed by atoms with Crippen LogP contribution in [0.5, 0.6) is 5.75 Å². The van der Waals surface area contributed by atoms with Crippen molar-refractivity contribution in [2.75, 3.05) is 32.8 Å². The number of guanidine groups is 1. The lowest BCUT2D eigenvalue weighted by Gasteiger charge is -2.14. The Morgan fingerprint density at radius 1 is 1.06 bits per heavy atom. The molecule has 2 aromatic rings. The number of nitrogens with two attached hydrogens (primary N) is 1. The van der Waals surface area contributed by atoms with Crippen LogP contribution in [0.1, 0.15) is 25.0 Å². The van der Waals surface area contributed by atoms with E-state index in [4.69, 9.17) is 15.2 Å². The maximum atomic E-state index is 10.8. The first-order valence-electron chi connectivity index (χ1n) is 10.7. The Morgan fingerprint density at radius 2 is 1.81 bits per heavy atom. The van der Waals surface area contributed by atoms with Crippen molar-refractivity contribution < 1.29 is 14.3 Å². The predicted molar refractivity (Wildman–Crippen MR) is 124 cm³/mol. The second-order valence-corrected chi connectivity index (χ2v) is 7.40. The van der Waals surface area contributed by atoms with Gasteiger partial charge in [-0.15, -0.1) is 0 Å². The molecule has 0 heterocycles. The molecule has 4 N–H and O–H groups in total. The molecule has 168 valence electrons. The van der Waals surface area contributed by atoms with Gasteiger partial charge in [0.25, 0.3) is 5.91 Å². The summed E-state index contributed by atoms with van der Waals surface area (Å²) in [6.45, 7) is 7.62. The van der Waals surface area contributed by atoms with Crippen LogP contribution in [0.4, 0.5) is 0 Å². The highest BCUT2D eigenvalue weighted by molar-refractivity contribution is 5.79. The quantitative estimate of drug-likeness (QED) is 0.338. The van der Waals surface area contributed by atoms with Gasteiger partial charge >= 0.3 is 0 Å². The van der Waals surface area contributed by atoms with Crippen LogP contribution in [-0.4, -0.2) is 44.7 Å². The molecule has 2 aromatic carbocycles. The first-order chi connectivity index (χ1) is 15.1. The van der Waals surface area contributed by atoms with Gasteiger partial charge in [0.15, 0.2) is 12.6 Å². The van der Waals surface area contributed by atoms with Crippen molar-refractivity contribution in [1.29, 1.82) is 0 Å². The van der Waals surface area contributed by atoms with Gasteiger partial charge in [-0.05, 0) is 42.5 Å². The Balaban J connectivity index is 1.70. The van der Waals surface area contributed by atoms with Crippen LogP contribution in [0, 0.1) is 5.92 Å². The Hall–Kier alpha value is -3.06. The van der Waals surface area contributed by atoms with Crippen LogP contribution in [0.2, 0.25) is 0 Å². The summed E-state index contributed by atoms with van der Waals surface area (Å²) in [5.41, 5.74) is 7.43. The zero-order chi connectivity index (χ0) is 22.3. The Labute approximate surface area is 185 Å². The van der Waals surface area contributed by atoms with Gasteiger partial charge in [-0.1, -0.05) is 49.4 Å². The highest BCUT2D eigenvalue weighted by atomic mass is 16.5. The maximum Gasteiger partial charge on any atom is 0.255 e. The van der Waals surface area contributed by atoms with Gasteiger partial charge in [-0.3, -0.25) is 9.79 Å². The molecule has 0 radical (unpaired) electrons. The summed E-state index contributed by atoms with van der Waals surface area (Å²) in [7, 11) is 0. The number of nitrogens with one attached hydrogen (secondary N) is 2. The molecular formula is C24H34N4O3. The van der Waals surface area contributed by atoms with Gasteiger partial charge in [0, 0.05) is 19.6 Å². The molecular weight excluding hydrogens is 392 g/mol. The molecule has 7 heteroatoms. The molecule has 0 aliphatic rings. The third-order valence-electron chi connectivity index (χ3n) is 4.43. The average Bonchev–Trinajstić information content (AvgIpc) is 2.77. The van der Waals surface area contributed by atoms with Crippen LogP contribution in [0.3, 0.4) is 0 Å². The minimum Gasteiger partial charge on any atom is -0.484 e. The Kier molecular flexibility index (Phi) is 11.0. The van der Waals surface area contributed by atoms with Crippen molar-refractivity contribution in [2.45, 2.75) is 26.9 Å². The van der Waals surface area contributed by atoms with E-state index in [2.05, 4.69) is 41.6 Å². The van der Waals surface area contributed by atoms with Crippen LogP contribution in [-0.2, 0) is 22.6 Å². The lowest BCUT2D eigenvalue weighted by molar-refractivity contribution is -0.119. The van der Waals surface area contributed by atoms with E-state index in [9.17, 15) is 4.79 Å². The van der Waals surface area contributed by atoms with Gasteiger partial charge < -0.3 is 25.8 Å². The zero-order valence-electron chi connectivity index (χ0n) is 18.5. The van der Waals surface area contributed by atoms with E-state index in [1.807, 2.05) is 42.5 Å². The number of hydrogen-bond acceptors (Lipinski definition) is 4. The number of aliphatic imine (C=N–C) groups is 1. The fourth-order valence-electron chi connectivity index (χ4n) is 2.83. The van der Waals surface area contributed by atoms with E-state index >= 15 is 0 Å². The predicted octanol–water partition coefficient (Wildman–Crippen LogP) is 2.50. The smallest absolute Gasteiger partial charge is 0.255 e. The number of hydrogen-bond donors (Lipinski definition) is 3. The number of benzene rings is 2. The first-order valence-corrected chi connectivity index (χ1v) is 10.7. The van der Waals surface area contributed by atoms with Crippen molar-refractivity contribution >= 4 is 11.9 Å². The first kappa shape index (κ1) is 24.2. The standard InChI is InChI=1S/C24H34N4O3/c1-3-26-24(28-15-19(2)16-30-17-21-7-5-4-6-8-21)27-14-13-20-9-11-22(12-10-20)31-18-23(25)29/h4-12,19H,3,13-18H2,1-2H3,(H2,25,29)(H2,26,27,28). The molecule has 1 unspecified atom stereocenters. The van der Waals surface area contributed by atoms with E-state index in [0.29, 0.717) is 31.4 Å². The summed E-state index contributed by atoms with van der Waals surface area (Å²) < 4.78 is 11.1. The maximum absolute atomic E-state index is 10.8. The van der Waals surface area contributed by atoms with Crippen molar-refractivity contribution in [3.63, 3.8) is 0 Å². The highest BCUT2D eigenvalue weighted by Gasteiger charge is 2.04. The highest BCUT2D eigenvalue weighted by Crippen LogP contribution is 2.12. The Bertz CT molecular complexity index is 794. The van der Waals surface area contributed by atoms with Gasteiger partial charge in [-0.2, -0.15) is 0 Å². The van der Waals surface area contributed by atoms with E-state index in [1.54, 1.807) is 0 Å². The molecule has 2 rings (SSSR count). The van der Waals surface area contributed by atoms with Crippen molar-refractivity contribution in [1.82, 2.24) is 10.6 Å². The number of primary amides is 1. The second-order valence-electron chi connectivity index (χ2n) is 7.40. The van der Waals surface area contributed by atoms with Gasteiger partial charge in [0.05, 0.1) is 13.2 Å². The monoisotopic (exact) mass is 426 g/mol. The third-order valence-corrected chi connectivity index (χ3v) is 4.43. The summed E-state index contributed by atoms with van der Waals surface area (Å²) in [6.07, 6.45) is 0.844. The summed E-state index contributed by atoms with van der Waals surface area (Å²) >= 11 is 0. The van der Waals surface area contributed by atoms with Crippen LogP contribution < -0.4 is 21.1 Å². The normalized spacial score (nSPS) is 12.3. The molecule has 1 atom stereocenters. The lowest BCUT2D eigenvalue weighted by Crippen LogP contribution is -2.38. The molecule has 0 saturated carbocycles. The lowest BCUT2D eigenvalue weighted by atomic mass is 10.1. The number of ether oxygens (including phenoxy) is 2. The molecule has 0 spiro atoms. The second kappa shape index (κ2) is 14.0. The van der Waals surface area contributed by atoms with Gasteiger partial charge in [0.1, 0.15) is 5.75 Å². The van der Waals surface area contributed by atoms with Crippen molar-refractivity contribution in [3.8, 4) is 5.75 Å². The van der Waals surface area contributed by atoms with E-state index in [0.717, 1.165) is 31.0 Å². The number of carbonyl (C=O) groups is 1. The van der Waals surface area contributed by atoms with E-state index < -0.39 is 5.91 Å². The minimum absolute atomic E-state index is 0.112. The molecule has 31 heavy (non-hydrogen) atoms. The summed E-state index contributed by atoms with van der Waals surface area (Å²) in [5, 5.41) is 6.64. The van der Waals surface area contributed by atoms with Gasteiger partial charge in [0.2, 0.25) is 0 Å². The average molecular weight is 427 g/mol. The fourth-order valence-corrected chi connectivity index (χ4v) is 2.83.